The summed E-state index contributed by atoms with van der Waals surface area (Å²) in [6, 6.07) is 18.2. The summed E-state index contributed by atoms with van der Waals surface area (Å²) in [6.07, 6.45) is 23.0. The average molecular weight is 737 g/mol. The number of benzene rings is 2. The molecule has 52 heavy (non-hydrogen) atoms. The molecule has 2 atom stereocenters. The third kappa shape index (κ3) is 15.5. The first-order valence-corrected chi connectivity index (χ1v) is 21.9. The van der Waals surface area contributed by atoms with Gasteiger partial charge in [-0.3, -0.25) is 4.57 Å². The van der Waals surface area contributed by atoms with E-state index in [1.165, 1.54) is 99.3 Å². The van der Waals surface area contributed by atoms with Crippen molar-refractivity contribution in [1.82, 2.24) is 0 Å². The van der Waals surface area contributed by atoms with E-state index in [0.717, 1.165) is 38.5 Å². The number of rotatable bonds is 28. The second kappa shape index (κ2) is 23.3. The van der Waals surface area contributed by atoms with E-state index >= 15 is 0 Å². The molecule has 0 aromatic heterocycles. The van der Waals surface area contributed by atoms with Crippen LogP contribution in [0.1, 0.15) is 153 Å². The summed E-state index contributed by atoms with van der Waals surface area (Å²) in [6.45, 7) is 10.0. The number of hydrogen-bond donors (Lipinski definition) is 0. The molecule has 0 spiro atoms. The summed E-state index contributed by atoms with van der Waals surface area (Å²) < 4.78 is 36.0. The molecule has 0 aliphatic carbocycles. The van der Waals surface area contributed by atoms with Crippen LogP contribution in [-0.4, -0.2) is 49.3 Å². The van der Waals surface area contributed by atoms with Crippen molar-refractivity contribution in [1.29, 1.82) is 0 Å². The van der Waals surface area contributed by atoms with Gasteiger partial charge in [-0.25, -0.2) is 9.98 Å². The summed E-state index contributed by atoms with van der Waals surface area (Å²) in [7, 11) is -2.65. The van der Waals surface area contributed by atoms with E-state index in [-0.39, 0.29) is 11.1 Å². The molecule has 0 N–H and O–H groups in total. The molecular formula is C44H69N2O5P. The van der Waals surface area contributed by atoms with Gasteiger partial charge in [0.2, 0.25) is 0 Å². The second-order valence-electron chi connectivity index (χ2n) is 15.4. The molecule has 0 saturated carbocycles. The highest BCUT2D eigenvalue weighted by Crippen LogP contribution is 2.34. The Morgan fingerprint density at radius 1 is 0.538 bits per heavy atom. The number of ether oxygens (including phenoxy) is 2. The van der Waals surface area contributed by atoms with Crippen LogP contribution in [0.15, 0.2) is 58.5 Å². The van der Waals surface area contributed by atoms with E-state index in [1.54, 1.807) is 0 Å². The normalized spacial score (nSPS) is 20.4. The van der Waals surface area contributed by atoms with Gasteiger partial charge < -0.3 is 18.5 Å². The lowest BCUT2D eigenvalue weighted by Crippen LogP contribution is -2.31. The van der Waals surface area contributed by atoms with Gasteiger partial charge in [-0.15, -0.1) is 0 Å². The molecule has 4 rings (SSSR count). The lowest BCUT2D eigenvalue weighted by Gasteiger charge is -2.25. The Morgan fingerprint density at radius 3 is 1.23 bits per heavy atom. The van der Waals surface area contributed by atoms with Crippen molar-refractivity contribution < 1.29 is 23.1 Å². The molecule has 0 radical (unpaired) electrons. The predicted molar refractivity (Wildman–Crippen MR) is 217 cm³/mol. The maximum Gasteiger partial charge on any atom is 0.319 e. The fourth-order valence-corrected chi connectivity index (χ4v) is 8.07. The molecule has 290 valence electrons. The maximum atomic E-state index is 12.8. The van der Waals surface area contributed by atoms with E-state index < -0.39 is 8.25 Å². The smallest absolute Gasteiger partial charge is 0.319 e. The maximum absolute atomic E-state index is 12.8. The fraction of sp³-hybridized carbons (Fsp3) is 0.682. The predicted octanol–water partition coefficient (Wildman–Crippen LogP) is 11.6. The molecule has 2 heterocycles. The van der Waals surface area contributed by atoms with Crippen molar-refractivity contribution in [2.75, 3.05) is 26.4 Å². The molecule has 2 aromatic rings. The summed E-state index contributed by atoms with van der Waals surface area (Å²) in [5.41, 5.74) is 4.73. The van der Waals surface area contributed by atoms with Gasteiger partial charge in [-0.05, 0) is 86.5 Å². The zero-order chi connectivity index (χ0) is 36.9. The van der Waals surface area contributed by atoms with E-state index in [2.05, 4.69) is 62.4 Å². The minimum Gasteiger partial charge on any atom is -0.479 e. The van der Waals surface area contributed by atoms with Crippen LogP contribution in [0.5, 0.6) is 0 Å². The topological polar surface area (TPSA) is 78.7 Å². The van der Waals surface area contributed by atoms with Crippen molar-refractivity contribution in [3.8, 4) is 0 Å². The highest BCUT2D eigenvalue weighted by atomic mass is 31.1. The van der Waals surface area contributed by atoms with Crippen LogP contribution in [0, 0.1) is 0 Å². The first-order valence-electron chi connectivity index (χ1n) is 20.7. The number of aryl methyl sites for hydroxylation is 4. The average Bonchev–Trinajstić information content (AvgIpc) is 3.72. The lowest BCUT2D eigenvalue weighted by atomic mass is 9.89. The second-order valence-corrected chi connectivity index (χ2v) is 16.5. The quantitative estimate of drug-likeness (QED) is 0.0642. The summed E-state index contributed by atoms with van der Waals surface area (Å²) in [5, 5.41) is 0. The SMILES string of the molecule is CCCCCCCCc1ccc(CCC2(CCO[PH](=O)OCCC3(CCc4ccc(CCCCCCCC)cc4)COC(C)=N3)COC(C)=N2)cc1. The van der Waals surface area contributed by atoms with Crippen LogP contribution < -0.4 is 0 Å². The molecule has 2 aliphatic rings. The summed E-state index contributed by atoms with van der Waals surface area (Å²) in [5.74, 6) is 1.42. The molecule has 0 bridgehead atoms. The van der Waals surface area contributed by atoms with Gasteiger partial charge in [0, 0.05) is 13.8 Å². The fourth-order valence-electron chi connectivity index (χ4n) is 7.45. The van der Waals surface area contributed by atoms with Gasteiger partial charge in [0.15, 0.2) is 11.8 Å². The Labute approximate surface area is 316 Å². The van der Waals surface area contributed by atoms with Crippen molar-refractivity contribution in [2.45, 2.75) is 167 Å². The first kappa shape index (κ1) is 42.3. The molecular weight excluding hydrogens is 667 g/mol. The standard InChI is InChI=1S/C44H69N2O5P/c1-5-7-9-11-13-15-17-39-19-23-41(24-20-39)27-29-43(35-48-37(3)45-43)31-33-50-52(47)51-34-32-44(36-49-38(4)46-44)30-28-42-25-21-40(22-26-42)18-16-14-12-10-8-6-2/h19-26,52H,5-18,27-36H2,1-4H3. The molecule has 2 unspecified atom stereocenters. The van der Waals surface area contributed by atoms with Gasteiger partial charge in [0.05, 0.1) is 13.2 Å². The summed E-state index contributed by atoms with van der Waals surface area (Å²) >= 11 is 0. The largest absolute Gasteiger partial charge is 0.479 e. The molecule has 2 aliphatic heterocycles. The molecule has 0 amide bonds. The third-order valence-electron chi connectivity index (χ3n) is 10.9. The highest BCUT2D eigenvalue weighted by molar-refractivity contribution is 7.33. The molecule has 7 nitrogen and oxygen atoms in total. The Bertz CT molecular complexity index is 1270. The van der Waals surface area contributed by atoms with Gasteiger partial charge >= 0.3 is 8.25 Å². The van der Waals surface area contributed by atoms with Crippen molar-refractivity contribution in [3.63, 3.8) is 0 Å². The van der Waals surface area contributed by atoms with Gasteiger partial charge in [0.1, 0.15) is 24.3 Å². The first-order chi connectivity index (χ1) is 25.3. The number of aliphatic imine (C=N–C) groups is 2. The Balaban J connectivity index is 1.15. The van der Waals surface area contributed by atoms with E-state index in [0.29, 0.717) is 51.1 Å². The lowest BCUT2D eigenvalue weighted by molar-refractivity contribution is 0.163. The molecule has 0 fully saturated rings. The van der Waals surface area contributed by atoms with Crippen LogP contribution in [0.25, 0.3) is 0 Å². The van der Waals surface area contributed by atoms with Gasteiger partial charge in [-0.2, -0.15) is 0 Å². The molecule has 8 heteroatoms. The monoisotopic (exact) mass is 736 g/mol. The van der Waals surface area contributed by atoms with Crippen LogP contribution in [-0.2, 0) is 48.8 Å². The van der Waals surface area contributed by atoms with E-state index in [4.69, 9.17) is 28.5 Å². The van der Waals surface area contributed by atoms with Crippen LogP contribution >= 0.6 is 8.25 Å². The Hall–Kier alpha value is -2.47. The van der Waals surface area contributed by atoms with Crippen molar-refractivity contribution in [2.24, 2.45) is 9.98 Å². The van der Waals surface area contributed by atoms with Crippen LogP contribution in [0.3, 0.4) is 0 Å². The zero-order valence-electron chi connectivity index (χ0n) is 33.0. The Morgan fingerprint density at radius 2 is 0.885 bits per heavy atom. The van der Waals surface area contributed by atoms with Crippen molar-refractivity contribution >= 4 is 20.1 Å². The number of hydrogen-bond acceptors (Lipinski definition) is 7. The number of nitrogens with zero attached hydrogens (tertiary/aromatic N) is 2. The van der Waals surface area contributed by atoms with Gasteiger partial charge in [0.25, 0.3) is 0 Å². The zero-order valence-corrected chi connectivity index (χ0v) is 34.0. The molecule has 2 aromatic carbocycles. The number of unbranched alkanes of at least 4 members (excludes halogenated alkanes) is 10. The third-order valence-corrected chi connectivity index (χ3v) is 11.8. The van der Waals surface area contributed by atoms with E-state index in [1.807, 2.05) is 13.8 Å². The van der Waals surface area contributed by atoms with Crippen molar-refractivity contribution in [3.05, 3.63) is 70.8 Å². The van der Waals surface area contributed by atoms with Crippen LogP contribution in [0.4, 0.5) is 0 Å². The molecule has 0 saturated heterocycles. The van der Waals surface area contributed by atoms with Crippen LogP contribution in [0.2, 0.25) is 0 Å². The Kier molecular flexibility index (Phi) is 19.0. The summed E-state index contributed by atoms with van der Waals surface area (Å²) in [4.78, 5) is 9.76. The minimum atomic E-state index is -2.65. The van der Waals surface area contributed by atoms with Gasteiger partial charge in [-0.1, -0.05) is 127 Å². The minimum absolute atomic E-state index is 0.315. The highest BCUT2D eigenvalue weighted by Gasteiger charge is 2.36. The van der Waals surface area contributed by atoms with E-state index in [9.17, 15) is 4.57 Å².